The normalized spacial score (nSPS) is 11.6. The van der Waals surface area contributed by atoms with E-state index >= 15 is 0 Å². The summed E-state index contributed by atoms with van der Waals surface area (Å²) in [6.45, 7) is 7.76. The minimum Gasteiger partial charge on any atom is -0.476 e. The van der Waals surface area contributed by atoms with Crippen molar-refractivity contribution in [2.24, 2.45) is 0 Å². The van der Waals surface area contributed by atoms with E-state index < -0.39 is 0 Å². The van der Waals surface area contributed by atoms with Gasteiger partial charge >= 0.3 is 0 Å². The molecule has 0 saturated carbocycles. The van der Waals surface area contributed by atoms with E-state index in [4.69, 9.17) is 9.47 Å². The van der Waals surface area contributed by atoms with Crippen molar-refractivity contribution in [1.82, 2.24) is 44.7 Å². The molecule has 11 heteroatoms. The second kappa shape index (κ2) is 25.6. The van der Waals surface area contributed by atoms with Crippen LogP contribution in [0.2, 0.25) is 0 Å². The number of pyridine rings is 3. The van der Waals surface area contributed by atoms with Gasteiger partial charge in [-0.25, -0.2) is 19.9 Å². The van der Waals surface area contributed by atoms with Crippen LogP contribution in [0, 0.1) is 6.92 Å². The lowest BCUT2D eigenvalue weighted by molar-refractivity contribution is 0.232. The van der Waals surface area contributed by atoms with Crippen molar-refractivity contribution in [2.75, 3.05) is 53.5 Å². The zero-order valence-electron chi connectivity index (χ0n) is 26.5. The predicted octanol–water partition coefficient (Wildman–Crippen LogP) is 4.92. The third-order valence-electron chi connectivity index (χ3n) is 5.69. The molecular formula is C34H45N9O2. The average Bonchev–Trinajstić information content (AvgIpc) is 3.63. The Morgan fingerprint density at radius 1 is 0.600 bits per heavy atom. The highest BCUT2D eigenvalue weighted by molar-refractivity contribution is 5.09. The first-order valence-electron chi connectivity index (χ1n) is 14.9. The topological polar surface area (TPSA) is 115 Å². The molecule has 1 aliphatic rings. The number of nitrogens with zero attached hydrogens (tertiary/aromatic N) is 9. The van der Waals surface area contributed by atoms with Crippen LogP contribution in [0.25, 0.3) is 0 Å². The van der Waals surface area contributed by atoms with Crippen molar-refractivity contribution in [2.45, 2.75) is 19.8 Å². The molecule has 0 atom stereocenters. The van der Waals surface area contributed by atoms with Crippen molar-refractivity contribution in [3.05, 3.63) is 128 Å². The van der Waals surface area contributed by atoms with Gasteiger partial charge in [-0.2, -0.15) is 0 Å². The molecule has 45 heavy (non-hydrogen) atoms. The fourth-order valence-corrected chi connectivity index (χ4v) is 3.41. The molecular weight excluding hydrogens is 566 g/mol. The van der Waals surface area contributed by atoms with Gasteiger partial charge in [0.15, 0.2) is 0 Å². The van der Waals surface area contributed by atoms with E-state index in [1.807, 2.05) is 81.7 Å². The van der Waals surface area contributed by atoms with Crippen LogP contribution in [0.3, 0.4) is 0 Å². The van der Waals surface area contributed by atoms with Crippen LogP contribution in [-0.4, -0.2) is 98.2 Å². The largest absolute Gasteiger partial charge is 0.476 e. The third kappa shape index (κ3) is 21.5. The zero-order chi connectivity index (χ0) is 32.0. The number of aryl methyl sites for hydroxylation is 1. The molecule has 1 aliphatic heterocycles. The maximum Gasteiger partial charge on any atom is 0.213 e. The molecule has 0 spiro atoms. The smallest absolute Gasteiger partial charge is 0.213 e. The van der Waals surface area contributed by atoms with Gasteiger partial charge in [0.2, 0.25) is 11.8 Å². The van der Waals surface area contributed by atoms with E-state index in [1.54, 1.807) is 55.8 Å². The Morgan fingerprint density at radius 2 is 1.16 bits per heavy atom. The van der Waals surface area contributed by atoms with Crippen molar-refractivity contribution in [3.63, 3.8) is 0 Å². The Hall–Kier alpha value is -4.87. The molecule has 5 aromatic rings. The van der Waals surface area contributed by atoms with Crippen LogP contribution in [0.4, 0.5) is 0 Å². The fourth-order valence-electron chi connectivity index (χ4n) is 3.41. The van der Waals surface area contributed by atoms with Gasteiger partial charge < -0.3 is 14.4 Å². The molecule has 0 radical (unpaired) electrons. The standard InChI is InChI=1S/C11H16N2O.C9H14N2O.C5H6N2.C5H5N.C4H4N2/c1-2-6-12-11(5-1)14-10-9-13-7-3-4-8-13;1-11(2)7-8-12-9-5-3-4-6-10-9;1-5-2-3-6-4-7-5;1-2-4-6-5-3-1;1-2-6-4-3-5-1/h1-2,5-6H,3-4,7-10H2;3-6H,7-8H2,1-2H3;2-4H,1H3;1-5H;1-4H. The van der Waals surface area contributed by atoms with Crippen molar-refractivity contribution in [1.29, 1.82) is 0 Å². The lowest BCUT2D eigenvalue weighted by atomic mass is 10.4. The molecule has 1 saturated heterocycles. The number of likely N-dealkylation sites (N-methyl/N-ethyl adjacent to an activating group) is 1. The van der Waals surface area contributed by atoms with Gasteiger partial charge in [-0.05, 0) is 77.3 Å². The van der Waals surface area contributed by atoms with Gasteiger partial charge in [0, 0.05) is 86.7 Å². The van der Waals surface area contributed by atoms with E-state index in [-0.39, 0.29) is 0 Å². The highest BCUT2D eigenvalue weighted by atomic mass is 16.5. The second-order valence-electron chi connectivity index (χ2n) is 9.65. The Labute approximate surface area is 267 Å². The van der Waals surface area contributed by atoms with Crippen LogP contribution in [-0.2, 0) is 0 Å². The van der Waals surface area contributed by atoms with Crippen LogP contribution in [0.5, 0.6) is 11.8 Å². The molecule has 238 valence electrons. The van der Waals surface area contributed by atoms with Crippen LogP contribution in [0.1, 0.15) is 18.5 Å². The number of hydrogen-bond donors (Lipinski definition) is 0. The van der Waals surface area contributed by atoms with E-state index in [0.29, 0.717) is 12.5 Å². The molecule has 6 heterocycles. The summed E-state index contributed by atoms with van der Waals surface area (Å²) in [5.41, 5.74) is 1.01. The van der Waals surface area contributed by atoms with Gasteiger partial charge in [-0.1, -0.05) is 18.2 Å². The molecule has 0 N–H and O–H groups in total. The van der Waals surface area contributed by atoms with Gasteiger partial charge in [-0.3, -0.25) is 19.9 Å². The van der Waals surface area contributed by atoms with E-state index in [0.717, 1.165) is 31.3 Å². The second-order valence-corrected chi connectivity index (χ2v) is 9.65. The van der Waals surface area contributed by atoms with Gasteiger partial charge in [0.25, 0.3) is 0 Å². The Morgan fingerprint density at radius 3 is 1.53 bits per heavy atom. The molecule has 0 unspecified atom stereocenters. The van der Waals surface area contributed by atoms with Gasteiger partial charge in [0.1, 0.15) is 19.5 Å². The Kier molecular flexibility index (Phi) is 20.7. The fraction of sp³-hybridized carbons (Fsp3) is 0.324. The Balaban J connectivity index is 0.000000205. The number of ether oxygens (including phenoxy) is 2. The molecule has 0 aliphatic carbocycles. The SMILES string of the molecule is CN(C)CCOc1ccccn1.Cc1ccncn1.c1ccc(OCCN2CCCC2)nc1.c1ccncc1.c1cnccn1. The number of aromatic nitrogens is 7. The van der Waals surface area contributed by atoms with Crippen molar-refractivity contribution in [3.8, 4) is 11.8 Å². The van der Waals surface area contributed by atoms with Gasteiger partial charge in [0.05, 0.1) is 0 Å². The maximum absolute atomic E-state index is 5.52. The minimum atomic E-state index is 0.685. The van der Waals surface area contributed by atoms with Crippen LogP contribution < -0.4 is 9.47 Å². The molecule has 0 aromatic carbocycles. The summed E-state index contributed by atoms with van der Waals surface area (Å²) < 4.78 is 10.9. The lowest BCUT2D eigenvalue weighted by Gasteiger charge is -2.14. The molecule has 0 amide bonds. The number of likely N-dealkylation sites (tertiary alicyclic amines) is 1. The number of hydrogen-bond acceptors (Lipinski definition) is 11. The monoisotopic (exact) mass is 611 g/mol. The van der Waals surface area contributed by atoms with Crippen LogP contribution >= 0.6 is 0 Å². The minimum absolute atomic E-state index is 0.685. The maximum atomic E-state index is 5.52. The Bertz CT molecular complexity index is 1200. The third-order valence-corrected chi connectivity index (χ3v) is 5.69. The van der Waals surface area contributed by atoms with E-state index in [9.17, 15) is 0 Å². The van der Waals surface area contributed by atoms with Crippen LogP contribution in [0.15, 0.2) is 123 Å². The van der Waals surface area contributed by atoms with Crippen molar-refractivity contribution >= 4 is 0 Å². The van der Waals surface area contributed by atoms with Crippen molar-refractivity contribution < 1.29 is 9.47 Å². The summed E-state index contributed by atoms with van der Waals surface area (Å²) in [4.78, 5) is 31.5. The zero-order valence-corrected chi connectivity index (χ0v) is 26.5. The molecule has 5 aromatic heterocycles. The summed E-state index contributed by atoms with van der Waals surface area (Å²) in [6.07, 6.45) is 19.5. The molecule has 6 rings (SSSR count). The summed E-state index contributed by atoms with van der Waals surface area (Å²) in [7, 11) is 4.03. The summed E-state index contributed by atoms with van der Waals surface area (Å²) in [5, 5.41) is 0. The first-order valence-corrected chi connectivity index (χ1v) is 14.9. The average molecular weight is 612 g/mol. The first-order chi connectivity index (χ1) is 22.1. The molecule has 1 fully saturated rings. The molecule has 0 bridgehead atoms. The summed E-state index contributed by atoms with van der Waals surface area (Å²) >= 11 is 0. The highest BCUT2D eigenvalue weighted by Gasteiger charge is 2.10. The van der Waals surface area contributed by atoms with Gasteiger partial charge in [-0.15, -0.1) is 0 Å². The number of rotatable bonds is 8. The predicted molar refractivity (Wildman–Crippen MR) is 177 cm³/mol. The highest BCUT2D eigenvalue weighted by Crippen LogP contribution is 2.07. The lowest BCUT2D eigenvalue weighted by Crippen LogP contribution is -2.25. The van der Waals surface area contributed by atoms with E-state index in [1.165, 1.54) is 32.3 Å². The molecule has 11 nitrogen and oxygen atoms in total. The van der Waals surface area contributed by atoms with E-state index in [2.05, 4.69) is 44.7 Å². The quantitative estimate of drug-likeness (QED) is 0.238. The summed E-state index contributed by atoms with van der Waals surface area (Å²) in [5.74, 6) is 1.42. The summed E-state index contributed by atoms with van der Waals surface area (Å²) in [6, 6.07) is 19.0. The first kappa shape index (κ1) is 36.3.